The molecule has 1 heterocycles. The first-order chi connectivity index (χ1) is 10.0. The molecule has 0 saturated heterocycles. The Labute approximate surface area is 130 Å². The van der Waals surface area contributed by atoms with Crippen molar-refractivity contribution in [1.29, 1.82) is 0 Å². The zero-order valence-electron chi connectivity index (χ0n) is 11.6. The molecule has 0 radical (unpaired) electrons. The second kappa shape index (κ2) is 6.58. The minimum absolute atomic E-state index is 0.128. The van der Waals surface area contributed by atoms with Crippen LogP contribution in [0.1, 0.15) is 21.5 Å². The highest BCUT2D eigenvalue weighted by molar-refractivity contribution is 9.10. The fraction of sp³-hybridized carbons (Fsp3) is 0.200. The zero-order chi connectivity index (χ0) is 15.4. The van der Waals surface area contributed by atoms with Crippen LogP contribution in [-0.2, 0) is 6.61 Å². The van der Waals surface area contributed by atoms with Gasteiger partial charge >= 0.3 is 5.97 Å². The number of halogens is 1. The first-order valence-corrected chi connectivity index (χ1v) is 6.94. The van der Waals surface area contributed by atoms with Gasteiger partial charge in [-0.25, -0.2) is 4.79 Å². The van der Waals surface area contributed by atoms with E-state index < -0.39 is 5.97 Å². The van der Waals surface area contributed by atoms with E-state index in [-0.39, 0.29) is 5.56 Å². The molecule has 0 unspecified atom stereocenters. The van der Waals surface area contributed by atoms with E-state index in [1.54, 1.807) is 12.4 Å². The second-order valence-corrected chi connectivity index (χ2v) is 5.31. The summed E-state index contributed by atoms with van der Waals surface area (Å²) in [5.41, 5.74) is 2.10. The Balaban J connectivity index is 2.25. The summed E-state index contributed by atoms with van der Waals surface area (Å²) in [5, 5.41) is 9.03. The number of carbonyl (C=O) groups is 1. The van der Waals surface area contributed by atoms with Gasteiger partial charge in [-0.1, -0.05) is 0 Å². The van der Waals surface area contributed by atoms with E-state index in [1.165, 1.54) is 19.2 Å². The van der Waals surface area contributed by atoms with Crippen LogP contribution in [-0.4, -0.2) is 23.2 Å². The number of hydrogen-bond acceptors (Lipinski definition) is 4. The Kier molecular flexibility index (Phi) is 4.80. The minimum atomic E-state index is -1.02. The maximum Gasteiger partial charge on any atom is 0.335 e. The summed E-state index contributed by atoms with van der Waals surface area (Å²) < 4.78 is 11.5. The van der Waals surface area contributed by atoms with Gasteiger partial charge in [0, 0.05) is 18.0 Å². The van der Waals surface area contributed by atoms with Crippen molar-refractivity contribution >= 4 is 21.9 Å². The largest absolute Gasteiger partial charge is 0.493 e. The van der Waals surface area contributed by atoms with Gasteiger partial charge in [0.15, 0.2) is 11.5 Å². The molecule has 21 heavy (non-hydrogen) atoms. The summed E-state index contributed by atoms with van der Waals surface area (Å²) in [6, 6.07) is 4.88. The van der Waals surface area contributed by atoms with Gasteiger partial charge < -0.3 is 14.6 Å². The van der Waals surface area contributed by atoms with Gasteiger partial charge in [-0.2, -0.15) is 0 Å². The molecule has 2 rings (SSSR count). The van der Waals surface area contributed by atoms with Crippen molar-refractivity contribution in [1.82, 2.24) is 4.98 Å². The molecule has 0 spiro atoms. The molecule has 1 aromatic carbocycles. The molecule has 1 aromatic heterocycles. The Morgan fingerprint density at radius 1 is 1.33 bits per heavy atom. The molecule has 5 nitrogen and oxygen atoms in total. The predicted octanol–water partition coefficient (Wildman–Crippen LogP) is 3.44. The molecule has 1 N–H and O–H groups in total. The first kappa shape index (κ1) is 15.3. The van der Waals surface area contributed by atoms with Gasteiger partial charge in [-0.05, 0) is 46.6 Å². The molecule has 0 amide bonds. The lowest BCUT2D eigenvalue weighted by Gasteiger charge is -2.13. The number of aromatic nitrogens is 1. The number of aromatic carboxylic acids is 1. The first-order valence-electron chi connectivity index (χ1n) is 6.15. The summed E-state index contributed by atoms with van der Waals surface area (Å²) in [7, 11) is 1.47. The number of benzene rings is 1. The molecule has 0 atom stereocenters. The van der Waals surface area contributed by atoms with E-state index >= 15 is 0 Å². The van der Waals surface area contributed by atoms with Gasteiger partial charge in [0.1, 0.15) is 6.61 Å². The van der Waals surface area contributed by atoms with Crippen LogP contribution in [0.3, 0.4) is 0 Å². The van der Waals surface area contributed by atoms with Crippen molar-refractivity contribution in [2.24, 2.45) is 0 Å². The van der Waals surface area contributed by atoms with Crippen LogP contribution in [0.25, 0.3) is 0 Å². The van der Waals surface area contributed by atoms with E-state index in [9.17, 15) is 4.79 Å². The van der Waals surface area contributed by atoms with Crippen LogP contribution >= 0.6 is 15.9 Å². The highest BCUT2D eigenvalue weighted by Gasteiger charge is 2.15. The highest BCUT2D eigenvalue weighted by atomic mass is 79.9. The summed E-state index contributed by atoms with van der Waals surface area (Å²) in [5.74, 6) is -0.199. The van der Waals surface area contributed by atoms with Crippen molar-refractivity contribution in [3.8, 4) is 11.5 Å². The lowest BCUT2D eigenvalue weighted by Crippen LogP contribution is -2.02. The average molecular weight is 352 g/mol. The van der Waals surface area contributed by atoms with Crippen LogP contribution in [0.5, 0.6) is 11.5 Å². The Morgan fingerprint density at radius 3 is 2.71 bits per heavy atom. The SMILES string of the molecule is COc1cc(C(=O)O)cc(Br)c1OCc1cncc(C)c1. The van der Waals surface area contributed by atoms with Crippen LogP contribution in [0.15, 0.2) is 35.1 Å². The number of methoxy groups -OCH3 is 1. The van der Waals surface area contributed by atoms with Gasteiger partial charge in [-0.3, -0.25) is 4.98 Å². The number of nitrogens with zero attached hydrogens (tertiary/aromatic N) is 1. The molecule has 0 fully saturated rings. The molecule has 0 aliphatic heterocycles. The third kappa shape index (κ3) is 3.72. The molecule has 2 aromatic rings. The Morgan fingerprint density at radius 2 is 2.10 bits per heavy atom. The second-order valence-electron chi connectivity index (χ2n) is 4.45. The molecule has 110 valence electrons. The molecular formula is C15H14BrNO4. The molecule has 0 bridgehead atoms. The summed E-state index contributed by atoms with van der Waals surface area (Å²) >= 11 is 3.31. The predicted molar refractivity (Wildman–Crippen MR) is 81.0 cm³/mol. The summed E-state index contributed by atoms with van der Waals surface area (Å²) in [4.78, 5) is 15.1. The van der Waals surface area contributed by atoms with Crippen LogP contribution in [0.2, 0.25) is 0 Å². The average Bonchev–Trinajstić information content (AvgIpc) is 2.45. The molecule has 0 aliphatic carbocycles. The highest BCUT2D eigenvalue weighted by Crippen LogP contribution is 2.37. The van der Waals surface area contributed by atoms with Gasteiger partial charge in [0.05, 0.1) is 17.1 Å². The number of rotatable bonds is 5. The summed E-state index contributed by atoms with van der Waals surface area (Å²) in [6.45, 7) is 2.27. The van der Waals surface area contributed by atoms with Gasteiger partial charge in [0.2, 0.25) is 0 Å². The van der Waals surface area contributed by atoms with Crippen molar-refractivity contribution in [2.45, 2.75) is 13.5 Å². The number of hydrogen-bond donors (Lipinski definition) is 1. The minimum Gasteiger partial charge on any atom is -0.493 e. The quantitative estimate of drug-likeness (QED) is 0.893. The van der Waals surface area contributed by atoms with Crippen LogP contribution < -0.4 is 9.47 Å². The van der Waals surface area contributed by atoms with E-state index in [1.807, 2.05) is 13.0 Å². The zero-order valence-corrected chi connectivity index (χ0v) is 13.2. The maximum atomic E-state index is 11.0. The number of aryl methyl sites for hydroxylation is 1. The molecule has 6 heteroatoms. The number of pyridine rings is 1. The van der Waals surface area contributed by atoms with E-state index in [2.05, 4.69) is 20.9 Å². The number of carboxylic acids is 1. The molecule has 0 saturated carbocycles. The normalized spacial score (nSPS) is 10.2. The van der Waals surface area contributed by atoms with Crippen molar-refractivity contribution in [3.63, 3.8) is 0 Å². The Bertz CT molecular complexity index is 673. The van der Waals surface area contributed by atoms with Gasteiger partial charge in [0.25, 0.3) is 0 Å². The smallest absolute Gasteiger partial charge is 0.335 e. The number of ether oxygens (including phenoxy) is 2. The lowest BCUT2D eigenvalue weighted by atomic mass is 10.2. The van der Waals surface area contributed by atoms with E-state index in [0.717, 1.165) is 11.1 Å². The third-order valence-corrected chi connectivity index (χ3v) is 3.38. The van der Waals surface area contributed by atoms with Crippen LogP contribution in [0.4, 0.5) is 0 Å². The number of carboxylic acid groups (broad SMARTS) is 1. The molecule has 0 aliphatic rings. The maximum absolute atomic E-state index is 11.0. The van der Waals surface area contributed by atoms with Gasteiger partial charge in [-0.15, -0.1) is 0 Å². The lowest BCUT2D eigenvalue weighted by molar-refractivity contribution is 0.0696. The van der Waals surface area contributed by atoms with Crippen LogP contribution in [0, 0.1) is 6.92 Å². The third-order valence-electron chi connectivity index (χ3n) is 2.79. The van der Waals surface area contributed by atoms with Crippen molar-refractivity contribution in [3.05, 3.63) is 51.8 Å². The molecular weight excluding hydrogens is 338 g/mol. The van der Waals surface area contributed by atoms with Crippen molar-refractivity contribution in [2.75, 3.05) is 7.11 Å². The monoisotopic (exact) mass is 351 g/mol. The van der Waals surface area contributed by atoms with E-state index in [4.69, 9.17) is 14.6 Å². The standard InChI is InChI=1S/C15H14BrNO4/c1-9-3-10(7-17-6-9)8-21-14-12(16)4-11(15(18)19)5-13(14)20-2/h3-7H,8H2,1-2H3,(H,18,19). The topological polar surface area (TPSA) is 68.7 Å². The van der Waals surface area contributed by atoms with E-state index in [0.29, 0.717) is 22.6 Å². The Hall–Kier alpha value is -2.08. The fourth-order valence-electron chi connectivity index (χ4n) is 1.84. The fourth-order valence-corrected chi connectivity index (χ4v) is 2.39. The van der Waals surface area contributed by atoms with Crippen molar-refractivity contribution < 1.29 is 19.4 Å². The summed E-state index contributed by atoms with van der Waals surface area (Å²) in [6.07, 6.45) is 3.49.